The molecule has 170 valence electrons. The standard InChI is InChI=1S/C24H33NO6/c1-4-5-6-19(11-18-9-10-25-15-18)22(31-16(2)26)14-20(27)8-7-17-12-21(28)24(29)23(13-17)30-3/h9-10,12-13,15,19,22,25,28-29H,4-8,11,14H2,1-3H3. The molecule has 0 saturated heterocycles. The molecule has 2 rings (SSSR count). The van der Waals surface area contributed by atoms with Crippen molar-refractivity contribution in [1.82, 2.24) is 4.98 Å². The van der Waals surface area contributed by atoms with E-state index in [0.717, 1.165) is 31.2 Å². The minimum atomic E-state index is -0.478. The number of unbranched alkanes of at least 4 members (excludes halogenated alkanes) is 1. The van der Waals surface area contributed by atoms with Gasteiger partial charge in [0.15, 0.2) is 11.5 Å². The van der Waals surface area contributed by atoms with Gasteiger partial charge in [0.2, 0.25) is 5.75 Å². The number of aromatic hydroxyl groups is 2. The first-order valence-electron chi connectivity index (χ1n) is 10.7. The predicted octanol–water partition coefficient (Wildman–Crippen LogP) is 4.31. The van der Waals surface area contributed by atoms with Crippen molar-refractivity contribution in [3.05, 3.63) is 41.7 Å². The van der Waals surface area contributed by atoms with Gasteiger partial charge in [-0.05, 0) is 48.6 Å². The van der Waals surface area contributed by atoms with Gasteiger partial charge in [0.25, 0.3) is 0 Å². The molecule has 0 spiro atoms. The number of esters is 1. The average Bonchev–Trinajstić information content (AvgIpc) is 3.24. The summed E-state index contributed by atoms with van der Waals surface area (Å²) in [5.41, 5.74) is 1.80. The van der Waals surface area contributed by atoms with Gasteiger partial charge in [0.1, 0.15) is 11.9 Å². The smallest absolute Gasteiger partial charge is 0.302 e. The van der Waals surface area contributed by atoms with E-state index in [9.17, 15) is 19.8 Å². The maximum Gasteiger partial charge on any atom is 0.302 e. The van der Waals surface area contributed by atoms with Crippen LogP contribution in [0.25, 0.3) is 0 Å². The van der Waals surface area contributed by atoms with Crippen LogP contribution in [-0.4, -0.2) is 40.2 Å². The van der Waals surface area contributed by atoms with Crippen molar-refractivity contribution in [2.24, 2.45) is 5.92 Å². The van der Waals surface area contributed by atoms with Crippen LogP contribution in [0, 0.1) is 5.92 Å². The summed E-state index contributed by atoms with van der Waals surface area (Å²) in [4.78, 5) is 27.5. The zero-order valence-electron chi connectivity index (χ0n) is 18.5. The van der Waals surface area contributed by atoms with Crippen LogP contribution in [0.15, 0.2) is 30.6 Å². The summed E-state index contributed by atoms with van der Waals surface area (Å²) in [5, 5.41) is 19.6. The second-order valence-electron chi connectivity index (χ2n) is 7.88. The molecule has 1 aromatic heterocycles. The molecule has 2 aromatic rings. The number of benzene rings is 1. The van der Waals surface area contributed by atoms with Crippen molar-refractivity contribution in [2.75, 3.05) is 7.11 Å². The van der Waals surface area contributed by atoms with E-state index in [1.54, 1.807) is 6.07 Å². The lowest BCUT2D eigenvalue weighted by atomic mass is 9.87. The van der Waals surface area contributed by atoms with Crippen molar-refractivity contribution in [1.29, 1.82) is 0 Å². The second-order valence-corrected chi connectivity index (χ2v) is 7.88. The molecule has 7 heteroatoms. The number of methoxy groups -OCH3 is 1. The topological polar surface area (TPSA) is 109 Å². The molecule has 1 heterocycles. The van der Waals surface area contributed by atoms with E-state index in [1.807, 2.05) is 18.5 Å². The predicted molar refractivity (Wildman–Crippen MR) is 117 cm³/mol. The van der Waals surface area contributed by atoms with Gasteiger partial charge in [-0.15, -0.1) is 0 Å². The number of carbonyl (C=O) groups is 2. The summed E-state index contributed by atoms with van der Waals surface area (Å²) in [5.74, 6) is -0.801. The van der Waals surface area contributed by atoms with Crippen LogP contribution in [0.4, 0.5) is 0 Å². The number of hydrogen-bond acceptors (Lipinski definition) is 6. The van der Waals surface area contributed by atoms with E-state index in [-0.39, 0.29) is 47.8 Å². The van der Waals surface area contributed by atoms with E-state index in [4.69, 9.17) is 9.47 Å². The molecule has 7 nitrogen and oxygen atoms in total. The zero-order chi connectivity index (χ0) is 22.8. The van der Waals surface area contributed by atoms with Crippen molar-refractivity contribution in [3.63, 3.8) is 0 Å². The number of Topliss-reactive ketones (excluding diaryl/α,β-unsaturated/α-hetero) is 1. The molecule has 2 atom stereocenters. The zero-order valence-corrected chi connectivity index (χ0v) is 18.5. The number of aromatic nitrogens is 1. The lowest BCUT2D eigenvalue weighted by Crippen LogP contribution is -2.30. The van der Waals surface area contributed by atoms with Crippen molar-refractivity contribution >= 4 is 11.8 Å². The van der Waals surface area contributed by atoms with Crippen molar-refractivity contribution < 1.29 is 29.3 Å². The van der Waals surface area contributed by atoms with Crippen molar-refractivity contribution in [2.45, 2.75) is 64.9 Å². The summed E-state index contributed by atoms with van der Waals surface area (Å²) in [6, 6.07) is 5.02. The summed E-state index contributed by atoms with van der Waals surface area (Å²) in [6.45, 7) is 3.48. The van der Waals surface area contributed by atoms with Gasteiger partial charge in [0.05, 0.1) is 7.11 Å². The normalized spacial score (nSPS) is 12.9. The van der Waals surface area contributed by atoms with E-state index in [2.05, 4.69) is 11.9 Å². The summed E-state index contributed by atoms with van der Waals surface area (Å²) in [6.07, 6.45) is 7.70. The average molecular weight is 432 g/mol. The number of ether oxygens (including phenoxy) is 2. The first-order chi connectivity index (χ1) is 14.8. The Hall–Kier alpha value is -2.96. The Morgan fingerprint density at radius 1 is 1.19 bits per heavy atom. The van der Waals surface area contributed by atoms with Gasteiger partial charge < -0.3 is 24.7 Å². The molecule has 0 aliphatic heterocycles. The molecule has 3 N–H and O–H groups in total. The van der Waals surface area contributed by atoms with Gasteiger partial charge in [0, 0.05) is 38.1 Å². The number of nitrogens with one attached hydrogen (secondary N) is 1. The second kappa shape index (κ2) is 12.0. The molecule has 2 unspecified atom stereocenters. The molecule has 1 aromatic carbocycles. The largest absolute Gasteiger partial charge is 0.504 e. The van der Waals surface area contributed by atoms with E-state index < -0.39 is 6.10 Å². The highest BCUT2D eigenvalue weighted by Crippen LogP contribution is 2.36. The molecule has 0 bridgehead atoms. The van der Waals surface area contributed by atoms with Crippen LogP contribution in [0.2, 0.25) is 0 Å². The third-order valence-electron chi connectivity index (χ3n) is 5.39. The number of H-pyrrole nitrogens is 1. The third kappa shape index (κ3) is 7.66. The lowest BCUT2D eigenvalue weighted by molar-refractivity contribution is -0.150. The number of hydrogen-bond donors (Lipinski definition) is 3. The first-order valence-corrected chi connectivity index (χ1v) is 10.7. The van der Waals surface area contributed by atoms with Gasteiger partial charge in [-0.2, -0.15) is 0 Å². The Morgan fingerprint density at radius 3 is 2.58 bits per heavy atom. The fraction of sp³-hybridized carbons (Fsp3) is 0.500. The van der Waals surface area contributed by atoms with Gasteiger partial charge in [-0.25, -0.2) is 0 Å². The number of rotatable bonds is 13. The third-order valence-corrected chi connectivity index (χ3v) is 5.39. The molecular formula is C24H33NO6. The van der Waals surface area contributed by atoms with Gasteiger partial charge in [-0.3, -0.25) is 9.59 Å². The highest BCUT2D eigenvalue weighted by atomic mass is 16.5. The van der Waals surface area contributed by atoms with Gasteiger partial charge in [-0.1, -0.05) is 19.8 Å². The van der Waals surface area contributed by atoms with Crippen LogP contribution < -0.4 is 4.74 Å². The Morgan fingerprint density at radius 2 is 1.97 bits per heavy atom. The van der Waals surface area contributed by atoms with E-state index in [1.165, 1.54) is 20.1 Å². The van der Waals surface area contributed by atoms with Crippen molar-refractivity contribution in [3.8, 4) is 17.2 Å². The molecule has 0 amide bonds. The number of ketones is 1. The Balaban J connectivity index is 2.06. The molecule has 0 aliphatic rings. The van der Waals surface area contributed by atoms with Gasteiger partial charge >= 0.3 is 5.97 Å². The van der Waals surface area contributed by atoms with E-state index >= 15 is 0 Å². The molecule has 0 aliphatic carbocycles. The molecule has 31 heavy (non-hydrogen) atoms. The van der Waals surface area contributed by atoms with Crippen LogP contribution in [0.1, 0.15) is 57.1 Å². The maximum absolute atomic E-state index is 12.8. The molecule has 0 radical (unpaired) electrons. The SMILES string of the molecule is CCCCC(Cc1cc[nH]c1)C(CC(=O)CCc1cc(O)c(O)c(OC)c1)OC(C)=O. The highest BCUT2D eigenvalue weighted by Gasteiger charge is 2.27. The molecular weight excluding hydrogens is 398 g/mol. The number of aromatic amines is 1. The highest BCUT2D eigenvalue weighted by molar-refractivity contribution is 5.79. The quantitative estimate of drug-likeness (QED) is 0.322. The fourth-order valence-electron chi connectivity index (χ4n) is 3.75. The Labute approximate surface area is 183 Å². The molecule has 0 fully saturated rings. The number of aryl methyl sites for hydroxylation is 1. The number of phenols is 2. The maximum atomic E-state index is 12.8. The number of carbonyl (C=O) groups excluding carboxylic acids is 2. The minimum Gasteiger partial charge on any atom is -0.504 e. The van der Waals surface area contributed by atoms with Crippen LogP contribution in [0.3, 0.4) is 0 Å². The lowest BCUT2D eigenvalue weighted by Gasteiger charge is -2.26. The minimum absolute atomic E-state index is 0.0200. The van der Waals surface area contributed by atoms with Crippen LogP contribution in [-0.2, 0) is 27.2 Å². The first kappa shape index (κ1) is 24.3. The number of phenolic OH excluding ortho intramolecular Hbond substituents is 2. The van der Waals surface area contributed by atoms with E-state index in [0.29, 0.717) is 12.0 Å². The fourth-order valence-corrected chi connectivity index (χ4v) is 3.75. The Bertz CT molecular complexity index is 846. The Kier molecular flexibility index (Phi) is 9.43. The van der Waals surface area contributed by atoms with Crippen LogP contribution in [0.5, 0.6) is 17.2 Å². The summed E-state index contributed by atoms with van der Waals surface area (Å²) < 4.78 is 10.6. The summed E-state index contributed by atoms with van der Waals surface area (Å²) >= 11 is 0. The summed E-state index contributed by atoms with van der Waals surface area (Å²) in [7, 11) is 1.40. The van der Waals surface area contributed by atoms with Crippen LogP contribution >= 0.6 is 0 Å². The molecule has 0 saturated carbocycles. The monoisotopic (exact) mass is 431 g/mol.